The fourth-order valence-electron chi connectivity index (χ4n) is 2.82. The molecule has 1 atom stereocenters. The van der Waals surface area contributed by atoms with E-state index in [1.165, 1.54) is 5.56 Å². The van der Waals surface area contributed by atoms with Crippen molar-refractivity contribution in [3.63, 3.8) is 0 Å². The Balaban J connectivity index is 1.93. The second kappa shape index (κ2) is 5.87. The summed E-state index contributed by atoms with van der Waals surface area (Å²) in [6, 6.07) is 10.7. The van der Waals surface area contributed by atoms with Crippen LogP contribution in [0.5, 0.6) is 0 Å². The number of hydrogen-bond donors (Lipinski definition) is 0. The van der Waals surface area contributed by atoms with Crippen molar-refractivity contribution >= 4 is 5.78 Å². The largest absolute Gasteiger partial charge is 0.299 e. The van der Waals surface area contributed by atoms with E-state index < -0.39 is 0 Å². The minimum absolute atomic E-state index is 0.171. The van der Waals surface area contributed by atoms with Crippen molar-refractivity contribution in [2.45, 2.75) is 45.6 Å². The van der Waals surface area contributed by atoms with Gasteiger partial charge in [-0.15, -0.1) is 0 Å². The van der Waals surface area contributed by atoms with E-state index in [0.717, 1.165) is 32.4 Å². The van der Waals surface area contributed by atoms with Gasteiger partial charge in [-0.05, 0) is 32.3 Å². The lowest BCUT2D eigenvalue weighted by Crippen LogP contribution is -2.51. The van der Waals surface area contributed by atoms with Crippen LogP contribution in [0.1, 0.15) is 39.2 Å². The van der Waals surface area contributed by atoms with Crippen LogP contribution in [0.2, 0.25) is 0 Å². The van der Waals surface area contributed by atoms with E-state index in [2.05, 4.69) is 56.0 Å². The smallest absolute Gasteiger partial charge is 0.138 e. The van der Waals surface area contributed by atoms with Crippen molar-refractivity contribution in [2.24, 2.45) is 5.92 Å². The maximum atomic E-state index is 11.6. The van der Waals surface area contributed by atoms with Crippen molar-refractivity contribution in [3.8, 4) is 0 Å². The van der Waals surface area contributed by atoms with Gasteiger partial charge in [0.1, 0.15) is 5.78 Å². The van der Waals surface area contributed by atoms with Crippen molar-refractivity contribution in [1.82, 2.24) is 4.90 Å². The van der Waals surface area contributed by atoms with E-state index in [1.54, 1.807) is 0 Å². The number of aryl methyl sites for hydroxylation is 1. The minimum atomic E-state index is 0.171. The normalized spacial score (nSPS) is 21.6. The molecular formula is C17H25NO. The first kappa shape index (κ1) is 14.3. The average molecular weight is 259 g/mol. The Labute approximate surface area is 116 Å². The first-order chi connectivity index (χ1) is 8.99. The molecule has 0 saturated carbocycles. The molecule has 0 N–H and O–H groups in total. The van der Waals surface area contributed by atoms with Crippen molar-refractivity contribution in [2.75, 3.05) is 13.1 Å². The zero-order valence-corrected chi connectivity index (χ0v) is 12.4. The number of likely N-dealkylation sites (tertiary alicyclic amines) is 1. The quantitative estimate of drug-likeness (QED) is 0.827. The first-order valence-electron chi connectivity index (χ1n) is 7.31. The van der Waals surface area contributed by atoms with Crippen LogP contribution in [-0.4, -0.2) is 29.3 Å². The highest BCUT2D eigenvalue weighted by molar-refractivity contribution is 5.81. The van der Waals surface area contributed by atoms with Crippen LogP contribution in [0.3, 0.4) is 0 Å². The zero-order chi connectivity index (χ0) is 13.9. The molecule has 1 aromatic carbocycles. The van der Waals surface area contributed by atoms with Crippen LogP contribution < -0.4 is 0 Å². The van der Waals surface area contributed by atoms with E-state index in [9.17, 15) is 4.79 Å². The molecule has 0 spiro atoms. The topological polar surface area (TPSA) is 20.3 Å². The summed E-state index contributed by atoms with van der Waals surface area (Å²) < 4.78 is 0. The standard InChI is InChI=1S/C17H25NO/c1-14-13-18(12-10-16(14)19)17(2,3)11-9-15-7-5-4-6-8-15/h4-8,14H,9-13H2,1-3H3. The summed E-state index contributed by atoms with van der Waals surface area (Å²) in [6.07, 6.45) is 2.96. The van der Waals surface area contributed by atoms with E-state index in [-0.39, 0.29) is 11.5 Å². The predicted octanol–water partition coefficient (Wildman–Crippen LogP) is 3.31. The van der Waals surface area contributed by atoms with E-state index >= 15 is 0 Å². The lowest BCUT2D eigenvalue weighted by Gasteiger charge is -2.42. The monoisotopic (exact) mass is 259 g/mol. The Morgan fingerprint density at radius 1 is 1.26 bits per heavy atom. The molecule has 1 aromatic rings. The number of hydrogen-bond acceptors (Lipinski definition) is 2. The van der Waals surface area contributed by atoms with Crippen molar-refractivity contribution in [3.05, 3.63) is 35.9 Å². The van der Waals surface area contributed by atoms with Gasteiger partial charge in [0, 0.05) is 31.0 Å². The highest BCUT2D eigenvalue weighted by atomic mass is 16.1. The molecule has 0 aliphatic carbocycles. The third kappa shape index (κ3) is 3.66. The van der Waals surface area contributed by atoms with Gasteiger partial charge >= 0.3 is 0 Å². The SMILES string of the molecule is CC1CN(C(C)(C)CCc2ccccc2)CCC1=O. The average Bonchev–Trinajstić information content (AvgIpc) is 2.41. The molecule has 1 aliphatic rings. The van der Waals surface area contributed by atoms with Gasteiger partial charge in [-0.2, -0.15) is 0 Å². The van der Waals surface area contributed by atoms with E-state index in [1.807, 2.05) is 0 Å². The number of ketones is 1. The molecule has 19 heavy (non-hydrogen) atoms. The third-order valence-electron chi connectivity index (χ3n) is 4.40. The highest BCUT2D eigenvalue weighted by Gasteiger charge is 2.32. The van der Waals surface area contributed by atoms with Crippen LogP contribution in [-0.2, 0) is 11.2 Å². The highest BCUT2D eigenvalue weighted by Crippen LogP contribution is 2.26. The summed E-state index contributed by atoms with van der Waals surface area (Å²) in [5.74, 6) is 0.625. The maximum absolute atomic E-state index is 11.6. The number of benzene rings is 1. The lowest BCUT2D eigenvalue weighted by atomic mass is 9.88. The van der Waals surface area contributed by atoms with Gasteiger partial charge in [0.25, 0.3) is 0 Å². The number of carbonyl (C=O) groups excluding carboxylic acids is 1. The molecule has 2 rings (SSSR count). The number of carbonyl (C=O) groups is 1. The summed E-state index contributed by atoms with van der Waals surface area (Å²) >= 11 is 0. The molecule has 1 saturated heterocycles. The summed E-state index contributed by atoms with van der Waals surface area (Å²) in [4.78, 5) is 14.1. The van der Waals surface area contributed by atoms with Gasteiger partial charge in [0.05, 0.1) is 0 Å². The second-order valence-electron chi connectivity index (χ2n) is 6.36. The van der Waals surface area contributed by atoms with Crippen LogP contribution >= 0.6 is 0 Å². The zero-order valence-electron chi connectivity index (χ0n) is 12.4. The summed E-state index contributed by atoms with van der Waals surface area (Å²) in [7, 11) is 0. The molecule has 0 bridgehead atoms. The van der Waals surface area contributed by atoms with Crippen molar-refractivity contribution < 1.29 is 4.79 Å². The lowest BCUT2D eigenvalue weighted by molar-refractivity contribution is -0.127. The third-order valence-corrected chi connectivity index (χ3v) is 4.40. The molecule has 1 aliphatic heterocycles. The Bertz CT molecular complexity index is 424. The van der Waals surface area contributed by atoms with Crippen LogP contribution in [0.25, 0.3) is 0 Å². The van der Waals surface area contributed by atoms with Gasteiger partial charge < -0.3 is 0 Å². The Hall–Kier alpha value is -1.15. The number of Topliss-reactive ketones (excluding diaryl/α,β-unsaturated/α-hetero) is 1. The maximum Gasteiger partial charge on any atom is 0.138 e. The molecule has 0 aromatic heterocycles. The fourth-order valence-corrected chi connectivity index (χ4v) is 2.82. The Morgan fingerprint density at radius 2 is 1.95 bits per heavy atom. The van der Waals surface area contributed by atoms with Crippen molar-refractivity contribution in [1.29, 1.82) is 0 Å². The molecule has 0 radical (unpaired) electrons. The van der Waals surface area contributed by atoms with Crippen LogP contribution in [0, 0.1) is 5.92 Å². The molecule has 1 fully saturated rings. The minimum Gasteiger partial charge on any atom is -0.299 e. The summed E-state index contributed by atoms with van der Waals surface area (Å²) in [5.41, 5.74) is 1.57. The van der Waals surface area contributed by atoms with Gasteiger partial charge in [0.2, 0.25) is 0 Å². The summed E-state index contributed by atoms with van der Waals surface area (Å²) in [6.45, 7) is 8.50. The predicted molar refractivity (Wildman–Crippen MR) is 79.2 cm³/mol. The van der Waals surface area contributed by atoms with Gasteiger partial charge in [-0.25, -0.2) is 0 Å². The fraction of sp³-hybridized carbons (Fsp3) is 0.588. The number of piperidine rings is 1. The molecular weight excluding hydrogens is 234 g/mol. The van der Waals surface area contributed by atoms with Gasteiger partial charge in [0.15, 0.2) is 0 Å². The van der Waals surface area contributed by atoms with E-state index in [0.29, 0.717) is 5.78 Å². The van der Waals surface area contributed by atoms with Crippen LogP contribution in [0.4, 0.5) is 0 Å². The molecule has 1 heterocycles. The summed E-state index contributed by atoms with van der Waals surface area (Å²) in [5, 5.41) is 0. The van der Waals surface area contributed by atoms with Gasteiger partial charge in [-0.1, -0.05) is 37.3 Å². The molecule has 0 amide bonds. The molecule has 104 valence electrons. The Morgan fingerprint density at radius 3 is 2.58 bits per heavy atom. The Kier molecular flexibility index (Phi) is 4.41. The molecule has 1 unspecified atom stereocenters. The molecule has 2 nitrogen and oxygen atoms in total. The number of nitrogens with zero attached hydrogens (tertiary/aromatic N) is 1. The van der Waals surface area contributed by atoms with Crippen LogP contribution in [0.15, 0.2) is 30.3 Å². The number of rotatable bonds is 4. The van der Waals surface area contributed by atoms with E-state index in [4.69, 9.17) is 0 Å². The van der Waals surface area contributed by atoms with Gasteiger partial charge in [-0.3, -0.25) is 9.69 Å². The first-order valence-corrected chi connectivity index (χ1v) is 7.31. The second-order valence-corrected chi connectivity index (χ2v) is 6.36. The molecule has 2 heteroatoms.